The number of carbonyl (C=O) groups excluding carboxylic acids is 1. The first-order valence-electron chi connectivity index (χ1n) is 9.27. The highest BCUT2D eigenvalue weighted by molar-refractivity contribution is 9.10. The van der Waals surface area contributed by atoms with E-state index >= 15 is 0 Å². The second-order valence-corrected chi connectivity index (χ2v) is 8.94. The predicted octanol–water partition coefficient (Wildman–Crippen LogP) is 4.53. The quantitative estimate of drug-likeness (QED) is 0.586. The zero-order valence-electron chi connectivity index (χ0n) is 15.7. The van der Waals surface area contributed by atoms with Crippen LogP contribution in [0.2, 0.25) is 0 Å². The van der Waals surface area contributed by atoms with Gasteiger partial charge in [-0.15, -0.1) is 11.3 Å². The van der Waals surface area contributed by atoms with Gasteiger partial charge in [-0.1, -0.05) is 12.1 Å². The zero-order chi connectivity index (χ0) is 20.4. The highest BCUT2D eigenvalue weighted by Gasteiger charge is 2.32. The summed E-state index contributed by atoms with van der Waals surface area (Å²) < 4.78 is 14.1. The van der Waals surface area contributed by atoms with E-state index in [2.05, 4.69) is 36.2 Å². The predicted molar refractivity (Wildman–Crippen MR) is 115 cm³/mol. The molecule has 3 aromatic rings. The lowest BCUT2D eigenvalue weighted by atomic mass is 10.1. The van der Waals surface area contributed by atoms with Crippen LogP contribution in [0.3, 0.4) is 0 Å². The molecule has 0 radical (unpaired) electrons. The summed E-state index contributed by atoms with van der Waals surface area (Å²) in [7, 11) is 0. The van der Waals surface area contributed by atoms with Crippen molar-refractivity contribution in [3.05, 3.63) is 57.7 Å². The molecule has 0 saturated carbocycles. The number of thiazole rings is 1. The maximum Gasteiger partial charge on any atom is 0.274 e. The lowest BCUT2D eigenvalue weighted by molar-refractivity contribution is 0.0739. The Labute approximate surface area is 180 Å². The number of halogens is 2. The SMILES string of the molecule is Cc1nc(C(=O)N2CCCC2CNc2ncc(Br)cn2)c(-c2ccc(F)cc2)s1. The average molecular weight is 476 g/mol. The number of hydrogen-bond acceptors (Lipinski definition) is 6. The zero-order valence-corrected chi connectivity index (χ0v) is 18.1. The Morgan fingerprint density at radius 3 is 2.76 bits per heavy atom. The van der Waals surface area contributed by atoms with Crippen LogP contribution in [0.25, 0.3) is 10.4 Å². The Hall–Kier alpha value is -2.39. The van der Waals surface area contributed by atoms with E-state index in [-0.39, 0.29) is 17.8 Å². The van der Waals surface area contributed by atoms with Crippen LogP contribution >= 0.6 is 27.3 Å². The highest BCUT2D eigenvalue weighted by atomic mass is 79.9. The molecule has 1 aliphatic heterocycles. The number of likely N-dealkylation sites (tertiary alicyclic amines) is 1. The Bertz CT molecular complexity index is 1010. The minimum atomic E-state index is -0.302. The molecular weight excluding hydrogens is 457 g/mol. The van der Waals surface area contributed by atoms with Gasteiger partial charge in [-0.2, -0.15) is 0 Å². The molecule has 1 amide bonds. The number of rotatable bonds is 5. The van der Waals surface area contributed by atoms with Gasteiger partial charge in [-0.25, -0.2) is 19.3 Å². The minimum absolute atomic E-state index is 0.0396. The number of aryl methyl sites for hydroxylation is 1. The third kappa shape index (κ3) is 4.45. The molecular formula is C20H19BrFN5OS. The van der Waals surface area contributed by atoms with Crippen molar-refractivity contribution < 1.29 is 9.18 Å². The smallest absolute Gasteiger partial charge is 0.274 e. The van der Waals surface area contributed by atoms with Crippen molar-refractivity contribution in [1.29, 1.82) is 0 Å². The van der Waals surface area contributed by atoms with Gasteiger partial charge in [0.15, 0.2) is 0 Å². The molecule has 1 aliphatic rings. The van der Waals surface area contributed by atoms with E-state index in [1.807, 2.05) is 11.8 Å². The van der Waals surface area contributed by atoms with Crippen molar-refractivity contribution >= 4 is 39.1 Å². The number of hydrogen-bond donors (Lipinski definition) is 1. The summed E-state index contributed by atoms with van der Waals surface area (Å²) >= 11 is 4.77. The molecule has 1 saturated heterocycles. The Balaban J connectivity index is 1.52. The molecule has 150 valence electrons. The molecule has 1 N–H and O–H groups in total. The average Bonchev–Trinajstić information content (AvgIpc) is 3.34. The number of anilines is 1. The molecule has 4 rings (SSSR count). The van der Waals surface area contributed by atoms with E-state index in [0.717, 1.165) is 32.8 Å². The number of nitrogens with zero attached hydrogens (tertiary/aromatic N) is 4. The summed E-state index contributed by atoms with van der Waals surface area (Å²) in [6, 6.07) is 6.22. The fraction of sp³-hybridized carbons (Fsp3) is 0.300. The van der Waals surface area contributed by atoms with Crippen molar-refractivity contribution in [1.82, 2.24) is 19.9 Å². The molecule has 1 aromatic carbocycles. The monoisotopic (exact) mass is 475 g/mol. The molecule has 9 heteroatoms. The van der Waals surface area contributed by atoms with Gasteiger partial charge in [-0.3, -0.25) is 4.79 Å². The van der Waals surface area contributed by atoms with Crippen LogP contribution in [0, 0.1) is 12.7 Å². The van der Waals surface area contributed by atoms with E-state index in [4.69, 9.17) is 0 Å². The summed E-state index contributed by atoms with van der Waals surface area (Å²) in [4.78, 5) is 28.9. The molecule has 2 aromatic heterocycles. The number of carbonyl (C=O) groups is 1. The molecule has 6 nitrogen and oxygen atoms in total. The first kappa shape index (κ1) is 19.9. The van der Waals surface area contributed by atoms with E-state index in [0.29, 0.717) is 24.7 Å². The van der Waals surface area contributed by atoms with Crippen molar-refractivity contribution in [3.8, 4) is 10.4 Å². The molecule has 1 atom stereocenters. The fourth-order valence-corrected chi connectivity index (χ4v) is 4.55. The fourth-order valence-electron chi connectivity index (χ4n) is 3.43. The van der Waals surface area contributed by atoms with Crippen molar-refractivity contribution in [2.75, 3.05) is 18.4 Å². The molecule has 1 unspecified atom stereocenters. The minimum Gasteiger partial charge on any atom is -0.352 e. The van der Waals surface area contributed by atoms with Gasteiger partial charge in [0.2, 0.25) is 5.95 Å². The van der Waals surface area contributed by atoms with Gasteiger partial charge in [-0.05, 0) is 53.4 Å². The maximum atomic E-state index is 13.3. The van der Waals surface area contributed by atoms with Crippen LogP contribution in [0.15, 0.2) is 41.1 Å². The van der Waals surface area contributed by atoms with E-state index < -0.39 is 0 Å². The normalized spacial score (nSPS) is 16.2. The van der Waals surface area contributed by atoms with Gasteiger partial charge in [0.25, 0.3) is 5.91 Å². The Morgan fingerprint density at radius 1 is 1.31 bits per heavy atom. The first-order valence-corrected chi connectivity index (χ1v) is 10.9. The Kier molecular flexibility index (Phi) is 5.86. The standard InChI is InChI=1S/C20H19BrFN5OS/c1-12-26-17(18(29-12)13-4-6-15(22)7-5-13)19(28)27-8-2-3-16(27)11-25-20-23-9-14(21)10-24-20/h4-7,9-10,16H,2-3,8,11H2,1H3,(H,23,24,25). The summed E-state index contributed by atoms with van der Waals surface area (Å²) in [5.74, 6) is 0.141. The van der Waals surface area contributed by atoms with Crippen LogP contribution in [-0.4, -0.2) is 44.9 Å². The van der Waals surface area contributed by atoms with Gasteiger partial charge in [0, 0.05) is 31.5 Å². The third-order valence-corrected chi connectivity index (χ3v) is 6.23. The van der Waals surface area contributed by atoms with Crippen LogP contribution in [0.4, 0.5) is 10.3 Å². The summed E-state index contributed by atoms with van der Waals surface area (Å²) in [5, 5.41) is 4.02. The van der Waals surface area contributed by atoms with Gasteiger partial charge >= 0.3 is 0 Å². The van der Waals surface area contributed by atoms with Crippen molar-refractivity contribution in [2.45, 2.75) is 25.8 Å². The molecule has 29 heavy (non-hydrogen) atoms. The van der Waals surface area contributed by atoms with Crippen LogP contribution in [0.5, 0.6) is 0 Å². The lowest BCUT2D eigenvalue weighted by Crippen LogP contribution is -2.40. The molecule has 1 fully saturated rings. The lowest BCUT2D eigenvalue weighted by Gasteiger charge is -2.24. The number of aromatic nitrogens is 3. The van der Waals surface area contributed by atoms with Gasteiger partial charge in [0.1, 0.15) is 11.5 Å². The van der Waals surface area contributed by atoms with Gasteiger partial charge < -0.3 is 10.2 Å². The van der Waals surface area contributed by atoms with Gasteiger partial charge in [0.05, 0.1) is 14.4 Å². The van der Waals surface area contributed by atoms with E-state index in [1.165, 1.54) is 23.5 Å². The topological polar surface area (TPSA) is 71.0 Å². The van der Waals surface area contributed by atoms with Crippen LogP contribution in [0.1, 0.15) is 28.3 Å². The second-order valence-electron chi connectivity index (χ2n) is 6.82. The first-order chi connectivity index (χ1) is 14.0. The van der Waals surface area contributed by atoms with E-state index in [1.54, 1.807) is 24.5 Å². The molecule has 0 aliphatic carbocycles. The van der Waals surface area contributed by atoms with Crippen LogP contribution < -0.4 is 5.32 Å². The largest absolute Gasteiger partial charge is 0.352 e. The second kappa shape index (κ2) is 8.54. The molecule has 3 heterocycles. The number of nitrogens with one attached hydrogen (secondary N) is 1. The number of benzene rings is 1. The third-order valence-electron chi connectivity index (χ3n) is 4.80. The van der Waals surface area contributed by atoms with Crippen molar-refractivity contribution in [3.63, 3.8) is 0 Å². The number of amides is 1. The highest BCUT2D eigenvalue weighted by Crippen LogP contribution is 2.32. The summed E-state index contributed by atoms with van der Waals surface area (Å²) in [5.41, 5.74) is 1.24. The maximum absolute atomic E-state index is 13.3. The van der Waals surface area contributed by atoms with Crippen LogP contribution in [-0.2, 0) is 0 Å². The molecule has 0 bridgehead atoms. The van der Waals surface area contributed by atoms with E-state index in [9.17, 15) is 9.18 Å². The molecule has 0 spiro atoms. The summed E-state index contributed by atoms with van der Waals surface area (Å²) in [6.45, 7) is 3.14. The Morgan fingerprint density at radius 2 is 2.03 bits per heavy atom. The summed E-state index contributed by atoms with van der Waals surface area (Å²) in [6.07, 6.45) is 5.21. The van der Waals surface area contributed by atoms with Crippen molar-refractivity contribution in [2.24, 2.45) is 0 Å².